The van der Waals surface area contributed by atoms with Gasteiger partial charge in [-0.05, 0) is 30.5 Å². The maximum atomic E-state index is 12.7. The average molecular weight is 315 g/mol. The van der Waals surface area contributed by atoms with E-state index in [4.69, 9.17) is 4.74 Å². The van der Waals surface area contributed by atoms with Crippen molar-refractivity contribution in [1.82, 2.24) is 14.5 Å². The molecule has 0 aliphatic carbocycles. The van der Waals surface area contributed by atoms with Gasteiger partial charge in [-0.2, -0.15) is 0 Å². The van der Waals surface area contributed by atoms with E-state index in [1.165, 1.54) is 12.8 Å². The number of hydrogen-bond acceptors (Lipinski definition) is 3. The van der Waals surface area contributed by atoms with E-state index in [0.29, 0.717) is 13.0 Å². The van der Waals surface area contributed by atoms with Crippen LogP contribution in [0.3, 0.4) is 0 Å². The van der Waals surface area contributed by atoms with E-state index in [1.807, 2.05) is 11.0 Å². The number of fused-ring (bicyclic) bond motifs is 1. The molecule has 23 heavy (non-hydrogen) atoms. The molecule has 2 aromatic heterocycles. The molecule has 3 rings (SSSR count). The van der Waals surface area contributed by atoms with Crippen molar-refractivity contribution in [2.45, 2.75) is 38.6 Å². The molecule has 3 heterocycles. The quantitative estimate of drug-likeness (QED) is 0.852. The van der Waals surface area contributed by atoms with Crippen LogP contribution in [-0.4, -0.2) is 47.2 Å². The smallest absolute Gasteiger partial charge is 0.227 e. The van der Waals surface area contributed by atoms with Gasteiger partial charge in [0.25, 0.3) is 0 Å². The lowest BCUT2D eigenvalue weighted by molar-refractivity contribution is -0.130. The van der Waals surface area contributed by atoms with Crippen molar-refractivity contribution in [1.29, 1.82) is 0 Å². The number of aromatic nitrogens is 2. The van der Waals surface area contributed by atoms with E-state index in [2.05, 4.69) is 21.8 Å². The van der Waals surface area contributed by atoms with Crippen molar-refractivity contribution in [2.75, 3.05) is 26.8 Å². The van der Waals surface area contributed by atoms with Gasteiger partial charge in [0.2, 0.25) is 5.91 Å². The van der Waals surface area contributed by atoms with Crippen molar-refractivity contribution in [3.8, 4) is 0 Å². The van der Waals surface area contributed by atoms with Gasteiger partial charge in [0.1, 0.15) is 5.65 Å². The van der Waals surface area contributed by atoms with Crippen molar-refractivity contribution >= 4 is 16.9 Å². The lowest BCUT2D eigenvalue weighted by Crippen LogP contribution is -2.33. The Morgan fingerprint density at radius 1 is 1.26 bits per heavy atom. The van der Waals surface area contributed by atoms with Gasteiger partial charge in [0.05, 0.1) is 13.0 Å². The Kier molecular flexibility index (Phi) is 5.28. The number of rotatable bonds is 5. The van der Waals surface area contributed by atoms with Gasteiger partial charge >= 0.3 is 0 Å². The summed E-state index contributed by atoms with van der Waals surface area (Å²) in [5.74, 6) is 0.238. The second-order valence-electron chi connectivity index (χ2n) is 6.19. The van der Waals surface area contributed by atoms with Gasteiger partial charge in [-0.25, -0.2) is 4.98 Å². The third kappa shape index (κ3) is 3.72. The zero-order valence-corrected chi connectivity index (χ0v) is 13.8. The number of hydrogen-bond donors (Lipinski definition) is 0. The maximum Gasteiger partial charge on any atom is 0.227 e. The number of amides is 1. The fourth-order valence-electron chi connectivity index (χ4n) is 3.29. The van der Waals surface area contributed by atoms with Crippen LogP contribution < -0.4 is 0 Å². The Morgan fingerprint density at radius 2 is 2.04 bits per heavy atom. The highest BCUT2D eigenvalue weighted by molar-refractivity contribution is 5.87. The van der Waals surface area contributed by atoms with Gasteiger partial charge in [0, 0.05) is 44.5 Å². The van der Waals surface area contributed by atoms with Gasteiger partial charge in [-0.1, -0.05) is 12.8 Å². The van der Waals surface area contributed by atoms with Crippen LogP contribution in [0.2, 0.25) is 0 Å². The molecule has 5 heteroatoms. The van der Waals surface area contributed by atoms with Crippen LogP contribution in [-0.2, 0) is 22.5 Å². The van der Waals surface area contributed by atoms with Crippen molar-refractivity contribution in [2.24, 2.45) is 0 Å². The van der Waals surface area contributed by atoms with Crippen molar-refractivity contribution in [3.05, 3.63) is 30.1 Å². The number of pyridine rings is 1. The van der Waals surface area contributed by atoms with Crippen LogP contribution in [0, 0.1) is 0 Å². The lowest BCUT2D eigenvalue weighted by Gasteiger charge is -2.20. The third-order valence-corrected chi connectivity index (χ3v) is 4.55. The van der Waals surface area contributed by atoms with Gasteiger partial charge in [-0.3, -0.25) is 4.79 Å². The van der Waals surface area contributed by atoms with E-state index in [9.17, 15) is 4.79 Å². The molecule has 124 valence electrons. The number of nitrogens with zero attached hydrogens (tertiary/aromatic N) is 3. The van der Waals surface area contributed by atoms with Gasteiger partial charge in [-0.15, -0.1) is 0 Å². The summed E-state index contributed by atoms with van der Waals surface area (Å²) in [6, 6.07) is 3.99. The molecular formula is C18H25N3O2. The predicted octanol–water partition coefficient (Wildman–Crippen LogP) is 2.63. The highest BCUT2D eigenvalue weighted by Crippen LogP contribution is 2.21. The normalized spacial score (nSPS) is 15.8. The molecule has 0 bridgehead atoms. The van der Waals surface area contributed by atoms with Crippen molar-refractivity contribution in [3.63, 3.8) is 0 Å². The van der Waals surface area contributed by atoms with Crippen LogP contribution >= 0.6 is 0 Å². The summed E-state index contributed by atoms with van der Waals surface area (Å²) in [6.45, 7) is 3.20. The van der Waals surface area contributed by atoms with E-state index in [-0.39, 0.29) is 5.91 Å². The monoisotopic (exact) mass is 315 g/mol. The molecule has 0 saturated carbocycles. The first-order chi connectivity index (χ1) is 11.3. The summed E-state index contributed by atoms with van der Waals surface area (Å²) in [7, 11) is 1.70. The molecule has 1 fully saturated rings. The molecule has 0 spiro atoms. The molecule has 5 nitrogen and oxygen atoms in total. The Morgan fingerprint density at radius 3 is 2.78 bits per heavy atom. The fraction of sp³-hybridized carbons (Fsp3) is 0.556. The molecular weight excluding hydrogens is 290 g/mol. The summed E-state index contributed by atoms with van der Waals surface area (Å²) in [5, 5.41) is 1.08. The Bertz CT molecular complexity index is 657. The Hall–Kier alpha value is -1.88. The first kappa shape index (κ1) is 16.0. The topological polar surface area (TPSA) is 47.4 Å². The minimum atomic E-state index is 0.238. The Balaban J connectivity index is 1.80. The van der Waals surface area contributed by atoms with Crippen LogP contribution in [0.5, 0.6) is 0 Å². The van der Waals surface area contributed by atoms with Crippen LogP contribution in [0.25, 0.3) is 11.0 Å². The molecule has 2 aromatic rings. The molecule has 1 aliphatic heterocycles. The standard InChI is InChI=1S/C18H25N3O2/c1-23-12-11-21-14-15(16-7-6-8-19-18(16)21)13-17(22)20-9-4-2-3-5-10-20/h6-8,14H,2-5,9-13H2,1H3. The second kappa shape index (κ2) is 7.59. The molecule has 0 unspecified atom stereocenters. The largest absolute Gasteiger partial charge is 0.383 e. The molecule has 0 radical (unpaired) electrons. The zero-order valence-electron chi connectivity index (χ0n) is 13.8. The van der Waals surface area contributed by atoms with Crippen LogP contribution in [0.4, 0.5) is 0 Å². The molecule has 1 aliphatic rings. The summed E-state index contributed by atoms with van der Waals surface area (Å²) in [5.41, 5.74) is 2.00. The number of likely N-dealkylation sites (tertiary alicyclic amines) is 1. The lowest BCUT2D eigenvalue weighted by atomic mass is 10.1. The van der Waals surface area contributed by atoms with E-state index in [1.54, 1.807) is 13.3 Å². The molecule has 0 aromatic carbocycles. The summed E-state index contributed by atoms with van der Waals surface area (Å²) < 4.78 is 7.26. The first-order valence-corrected chi connectivity index (χ1v) is 8.49. The third-order valence-electron chi connectivity index (χ3n) is 4.55. The molecule has 0 atom stereocenters. The first-order valence-electron chi connectivity index (χ1n) is 8.49. The van der Waals surface area contributed by atoms with E-state index < -0.39 is 0 Å². The van der Waals surface area contributed by atoms with Gasteiger partial charge < -0.3 is 14.2 Å². The number of carbonyl (C=O) groups excluding carboxylic acids is 1. The second-order valence-corrected chi connectivity index (χ2v) is 6.19. The molecule has 0 N–H and O–H groups in total. The SMILES string of the molecule is COCCn1cc(CC(=O)N2CCCCCC2)c2cccnc21. The number of carbonyl (C=O) groups is 1. The molecule has 1 amide bonds. The summed E-state index contributed by atoms with van der Waals surface area (Å²) in [6.07, 6.45) is 9.06. The zero-order chi connectivity index (χ0) is 16.1. The summed E-state index contributed by atoms with van der Waals surface area (Å²) in [4.78, 5) is 19.2. The van der Waals surface area contributed by atoms with E-state index >= 15 is 0 Å². The van der Waals surface area contributed by atoms with E-state index in [0.717, 1.165) is 49.1 Å². The highest BCUT2D eigenvalue weighted by Gasteiger charge is 2.18. The number of methoxy groups -OCH3 is 1. The average Bonchev–Trinajstić information content (AvgIpc) is 2.76. The minimum Gasteiger partial charge on any atom is -0.383 e. The number of ether oxygens (including phenoxy) is 1. The van der Waals surface area contributed by atoms with Gasteiger partial charge in [0.15, 0.2) is 0 Å². The van der Waals surface area contributed by atoms with Crippen molar-refractivity contribution < 1.29 is 9.53 Å². The summed E-state index contributed by atoms with van der Waals surface area (Å²) >= 11 is 0. The highest BCUT2D eigenvalue weighted by atomic mass is 16.5. The fourth-order valence-corrected chi connectivity index (χ4v) is 3.29. The Labute approximate surface area is 137 Å². The van der Waals surface area contributed by atoms with Crippen LogP contribution in [0.1, 0.15) is 31.2 Å². The minimum absolute atomic E-state index is 0.238. The van der Waals surface area contributed by atoms with Crippen LogP contribution in [0.15, 0.2) is 24.5 Å². The maximum absolute atomic E-state index is 12.7. The molecule has 1 saturated heterocycles. The predicted molar refractivity (Wildman–Crippen MR) is 90.4 cm³/mol.